The first-order valence-electron chi connectivity index (χ1n) is 12.0. The van der Waals surface area contributed by atoms with Crippen molar-refractivity contribution >= 4 is 17.3 Å². The number of nitrogens with one attached hydrogen (secondary N) is 1. The van der Waals surface area contributed by atoms with Crippen LogP contribution in [0.3, 0.4) is 0 Å². The van der Waals surface area contributed by atoms with E-state index >= 15 is 0 Å². The highest BCUT2D eigenvalue weighted by molar-refractivity contribution is 5.93. The molecule has 0 aliphatic heterocycles. The van der Waals surface area contributed by atoms with E-state index in [2.05, 4.69) is 11.4 Å². The molecule has 6 heteroatoms. The summed E-state index contributed by atoms with van der Waals surface area (Å²) in [6, 6.07) is 30.5. The molecule has 0 aliphatic carbocycles. The van der Waals surface area contributed by atoms with Crippen molar-refractivity contribution in [2.75, 3.05) is 11.1 Å². The number of anilines is 2. The Hall–Kier alpha value is -4.63. The number of pyridine rings is 1. The number of carbonyl (C=O) groups is 1. The van der Waals surface area contributed by atoms with Crippen LogP contribution < -0.4 is 16.6 Å². The van der Waals surface area contributed by atoms with Gasteiger partial charge in [-0.3, -0.25) is 9.59 Å². The highest BCUT2D eigenvalue weighted by Gasteiger charge is 2.17. The second-order valence-corrected chi connectivity index (χ2v) is 8.56. The molecule has 0 spiro atoms. The summed E-state index contributed by atoms with van der Waals surface area (Å²) in [4.78, 5) is 25.7. The Bertz CT molecular complexity index is 1440. The van der Waals surface area contributed by atoms with Gasteiger partial charge in [0.2, 0.25) is 5.91 Å². The second-order valence-electron chi connectivity index (χ2n) is 8.56. The highest BCUT2D eigenvalue weighted by Crippen LogP contribution is 2.28. The van der Waals surface area contributed by atoms with E-state index in [1.54, 1.807) is 16.7 Å². The number of nitrogen functional groups attached to an aromatic ring is 1. The fourth-order valence-electron chi connectivity index (χ4n) is 4.23. The van der Waals surface area contributed by atoms with E-state index < -0.39 is 0 Å². The number of aromatic nitrogens is 1. The van der Waals surface area contributed by atoms with Gasteiger partial charge < -0.3 is 15.6 Å². The summed E-state index contributed by atoms with van der Waals surface area (Å²) in [5.41, 5.74) is 10.0. The molecule has 4 rings (SSSR count). The Morgan fingerprint density at radius 2 is 1.50 bits per heavy atom. The molecular formula is C30H28N4O2. The lowest BCUT2D eigenvalue weighted by Crippen LogP contribution is -2.25. The van der Waals surface area contributed by atoms with Gasteiger partial charge in [-0.2, -0.15) is 5.26 Å². The zero-order chi connectivity index (χ0) is 25.3. The average Bonchev–Trinajstić information content (AvgIpc) is 2.91. The molecule has 0 saturated heterocycles. The molecular weight excluding hydrogens is 448 g/mol. The van der Waals surface area contributed by atoms with E-state index in [0.29, 0.717) is 42.7 Å². The molecule has 36 heavy (non-hydrogen) atoms. The molecule has 0 fully saturated rings. The van der Waals surface area contributed by atoms with E-state index in [4.69, 9.17) is 5.73 Å². The van der Waals surface area contributed by atoms with E-state index in [1.807, 2.05) is 78.9 Å². The van der Waals surface area contributed by atoms with Crippen molar-refractivity contribution in [3.8, 4) is 28.5 Å². The van der Waals surface area contributed by atoms with Gasteiger partial charge in [0.1, 0.15) is 11.6 Å². The number of nitrogens with zero attached hydrogens (tertiary/aromatic N) is 2. The smallest absolute Gasteiger partial charge is 0.269 e. The Morgan fingerprint density at radius 3 is 2.17 bits per heavy atom. The minimum Gasteiger partial charge on any atom is -0.397 e. The predicted octanol–water partition coefficient (Wildman–Crippen LogP) is 5.84. The molecule has 3 aromatic carbocycles. The van der Waals surface area contributed by atoms with E-state index in [0.717, 1.165) is 23.2 Å². The SMILES string of the molecule is N#Cc1c(-c2ccccc2)cc(-c2ccccc2)n(CCCCCC(=O)Nc2ccccc2N)c1=O. The highest BCUT2D eigenvalue weighted by atomic mass is 16.1. The van der Waals surface area contributed by atoms with Gasteiger partial charge in [0.15, 0.2) is 0 Å². The second kappa shape index (κ2) is 11.7. The third-order valence-electron chi connectivity index (χ3n) is 6.09. The number of para-hydroxylation sites is 2. The third kappa shape index (κ3) is 5.70. The Kier molecular flexibility index (Phi) is 7.94. The molecule has 1 aromatic heterocycles. The van der Waals surface area contributed by atoms with Crippen LogP contribution in [0.15, 0.2) is 95.8 Å². The molecule has 180 valence electrons. The van der Waals surface area contributed by atoms with Crippen LogP contribution in [0.4, 0.5) is 11.4 Å². The van der Waals surface area contributed by atoms with E-state index in [-0.39, 0.29) is 17.0 Å². The number of carbonyl (C=O) groups excluding carboxylic acids is 1. The number of unbranched alkanes of at least 4 members (excludes halogenated alkanes) is 2. The van der Waals surface area contributed by atoms with Crippen molar-refractivity contribution < 1.29 is 4.79 Å². The average molecular weight is 477 g/mol. The minimum atomic E-state index is -0.296. The van der Waals surface area contributed by atoms with Crippen LogP contribution in [0.5, 0.6) is 0 Å². The van der Waals surface area contributed by atoms with Crippen molar-refractivity contribution in [3.63, 3.8) is 0 Å². The van der Waals surface area contributed by atoms with E-state index in [1.165, 1.54) is 0 Å². The lowest BCUT2D eigenvalue weighted by atomic mass is 9.98. The number of amides is 1. The summed E-state index contributed by atoms with van der Waals surface area (Å²) in [5.74, 6) is -0.0889. The normalized spacial score (nSPS) is 10.5. The molecule has 0 bridgehead atoms. The van der Waals surface area contributed by atoms with Gasteiger partial charge in [-0.1, -0.05) is 79.2 Å². The van der Waals surface area contributed by atoms with E-state index in [9.17, 15) is 14.9 Å². The molecule has 0 unspecified atom stereocenters. The maximum Gasteiger partial charge on any atom is 0.269 e. The fourth-order valence-corrected chi connectivity index (χ4v) is 4.23. The fraction of sp³-hybridized carbons (Fsp3) is 0.167. The van der Waals surface area contributed by atoms with Crippen LogP contribution in [0, 0.1) is 11.3 Å². The van der Waals surface area contributed by atoms with Crippen LogP contribution >= 0.6 is 0 Å². The number of rotatable bonds is 9. The Labute approximate surface area is 210 Å². The summed E-state index contributed by atoms with van der Waals surface area (Å²) >= 11 is 0. The first kappa shape index (κ1) is 24.5. The topological polar surface area (TPSA) is 101 Å². The van der Waals surface area contributed by atoms with Crippen molar-refractivity contribution in [2.24, 2.45) is 0 Å². The quantitative estimate of drug-likeness (QED) is 0.234. The van der Waals surface area contributed by atoms with Gasteiger partial charge in [-0.05, 0) is 42.2 Å². The van der Waals surface area contributed by atoms with Gasteiger partial charge in [-0.25, -0.2) is 0 Å². The van der Waals surface area contributed by atoms with Gasteiger partial charge in [0.25, 0.3) is 5.56 Å². The van der Waals surface area contributed by atoms with Crippen molar-refractivity contribution in [1.82, 2.24) is 4.57 Å². The predicted molar refractivity (Wildman–Crippen MR) is 144 cm³/mol. The number of nitriles is 1. The first-order chi connectivity index (χ1) is 17.6. The van der Waals surface area contributed by atoms with Crippen molar-refractivity contribution in [2.45, 2.75) is 32.2 Å². The molecule has 0 saturated carbocycles. The maximum absolute atomic E-state index is 13.5. The number of hydrogen-bond donors (Lipinski definition) is 2. The Balaban J connectivity index is 1.50. The molecule has 0 aliphatic rings. The standard InChI is InChI=1S/C30H28N4O2/c31-21-25-24(22-12-4-1-5-13-22)20-28(23-14-6-2-7-15-23)34(30(25)36)19-11-3-8-18-29(35)33-27-17-10-9-16-26(27)32/h1-2,4-7,9-10,12-17,20H,3,8,11,18-19,32H2,(H,33,35). The van der Waals surface area contributed by atoms with Crippen molar-refractivity contribution in [1.29, 1.82) is 5.26 Å². The van der Waals surface area contributed by atoms with Gasteiger partial charge in [-0.15, -0.1) is 0 Å². The monoisotopic (exact) mass is 476 g/mol. The summed E-state index contributed by atoms with van der Waals surface area (Å²) in [5, 5.41) is 12.7. The first-order valence-corrected chi connectivity index (χ1v) is 12.0. The summed E-state index contributed by atoms with van der Waals surface area (Å²) in [7, 11) is 0. The number of benzene rings is 3. The Morgan fingerprint density at radius 1 is 0.861 bits per heavy atom. The minimum absolute atomic E-state index is 0.0889. The third-order valence-corrected chi connectivity index (χ3v) is 6.09. The molecule has 1 amide bonds. The number of nitrogens with two attached hydrogens (primary N) is 1. The largest absolute Gasteiger partial charge is 0.397 e. The van der Waals surface area contributed by atoms with Crippen molar-refractivity contribution in [3.05, 3.63) is 107 Å². The molecule has 6 nitrogen and oxygen atoms in total. The zero-order valence-corrected chi connectivity index (χ0v) is 20.0. The zero-order valence-electron chi connectivity index (χ0n) is 20.0. The molecule has 3 N–H and O–H groups in total. The maximum atomic E-state index is 13.5. The molecule has 0 atom stereocenters. The van der Waals surface area contributed by atoms with Gasteiger partial charge in [0, 0.05) is 18.5 Å². The summed E-state index contributed by atoms with van der Waals surface area (Å²) in [6.07, 6.45) is 2.52. The molecule has 4 aromatic rings. The van der Waals surface area contributed by atoms with Crippen LogP contribution in [0.1, 0.15) is 31.2 Å². The van der Waals surface area contributed by atoms with Gasteiger partial charge >= 0.3 is 0 Å². The van der Waals surface area contributed by atoms with Crippen LogP contribution in [0.25, 0.3) is 22.4 Å². The summed E-state index contributed by atoms with van der Waals surface area (Å²) < 4.78 is 1.69. The lowest BCUT2D eigenvalue weighted by molar-refractivity contribution is -0.116. The van der Waals surface area contributed by atoms with Crippen LogP contribution in [0.2, 0.25) is 0 Å². The molecule has 0 radical (unpaired) electrons. The van der Waals surface area contributed by atoms with Gasteiger partial charge in [0.05, 0.1) is 17.1 Å². The molecule has 1 heterocycles. The van der Waals surface area contributed by atoms with Crippen LogP contribution in [-0.2, 0) is 11.3 Å². The number of hydrogen-bond acceptors (Lipinski definition) is 4. The summed E-state index contributed by atoms with van der Waals surface area (Å²) in [6.45, 7) is 0.458. The lowest BCUT2D eigenvalue weighted by Gasteiger charge is -2.16. The van der Waals surface area contributed by atoms with Crippen LogP contribution in [-0.4, -0.2) is 10.5 Å².